The molecule has 1 atom stereocenters. The standard InChI is InChI=1S/C8H7F4NO/c9-5-3-1-2-4(6(5)13)7(14)8(10,11)12/h1-3,7,14H,13H2. The van der Waals surface area contributed by atoms with E-state index in [1.54, 1.807) is 0 Å². The van der Waals surface area contributed by atoms with Gasteiger partial charge in [-0.15, -0.1) is 0 Å². The largest absolute Gasteiger partial charge is 0.418 e. The van der Waals surface area contributed by atoms with Gasteiger partial charge in [-0.2, -0.15) is 13.2 Å². The van der Waals surface area contributed by atoms with E-state index in [4.69, 9.17) is 10.8 Å². The zero-order chi connectivity index (χ0) is 10.9. The minimum atomic E-state index is -4.85. The van der Waals surface area contributed by atoms with Gasteiger partial charge in [-0.3, -0.25) is 0 Å². The number of halogens is 4. The van der Waals surface area contributed by atoms with E-state index in [1.807, 2.05) is 0 Å². The molecule has 1 aromatic rings. The molecule has 14 heavy (non-hydrogen) atoms. The molecule has 2 nitrogen and oxygen atoms in total. The van der Waals surface area contributed by atoms with E-state index in [2.05, 4.69) is 0 Å². The summed E-state index contributed by atoms with van der Waals surface area (Å²) >= 11 is 0. The summed E-state index contributed by atoms with van der Waals surface area (Å²) in [6, 6.07) is 2.90. The summed E-state index contributed by atoms with van der Waals surface area (Å²) in [6.07, 6.45) is -7.60. The van der Waals surface area contributed by atoms with Crippen molar-refractivity contribution in [3.63, 3.8) is 0 Å². The average molecular weight is 209 g/mol. The van der Waals surface area contributed by atoms with E-state index < -0.39 is 29.3 Å². The van der Waals surface area contributed by atoms with Crippen LogP contribution in [-0.2, 0) is 0 Å². The third-order valence-electron chi connectivity index (χ3n) is 1.69. The normalized spacial score (nSPS) is 14.1. The summed E-state index contributed by atoms with van der Waals surface area (Å²) in [5.74, 6) is -0.981. The van der Waals surface area contributed by atoms with Crippen LogP contribution in [0.25, 0.3) is 0 Å². The number of benzene rings is 1. The lowest BCUT2D eigenvalue weighted by molar-refractivity contribution is -0.206. The molecular weight excluding hydrogens is 202 g/mol. The molecule has 0 aromatic heterocycles. The molecule has 0 heterocycles. The predicted octanol–water partition coefficient (Wildman–Crippen LogP) is 2.00. The van der Waals surface area contributed by atoms with Crippen molar-refractivity contribution in [1.29, 1.82) is 0 Å². The highest BCUT2D eigenvalue weighted by molar-refractivity contribution is 5.49. The van der Waals surface area contributed by atoms with E-state index in [0.29, 0.717) is 0 Å². The van der Waals surface area contributed by atoms with Gasteiger partial charge in [0.1, 0.15) is 5.82 Å². The van der Waals surface area contributed by atoms with E-state index in [-0.39, 0.29) is 0 Å². The third kappa shape index (κ3) is 1.95. The Morgan fingerprint density at radius 1 is 1.29 bits per heavy atom. The van der Waals surface area contributed by atoms with Gasteiger partial charge < -0.3 is 10.8 Å². The van der Waals surface area contributed by atoms with Gasteiger partial charge >= 0.3 is 6.18 Å². The second-order valence-electron chi connectivity index (χ2n) is 2.69. The van der Waals surface area contributed by atoms with Gasteiger partial charge in [0, 0.05) is 5.56 Å². The first-order valence-corrected chi connectivity index (χ1v) is 3.62. The maximum absolute atomic E-state index is 12.7. The van der Waals surface area contributed by atoms with Crippen molar-refractivity contribution in [2.45, 2.75) is 12.3 Å². The van der Waals surface area contributed by atoms with Crippen LogP contribution in [0.5, 0.6) is 0 Å². The number of anilines is 1. The molecule has 0 aliphatic heterocycles. The predicted molar refractivity (Wildman–Crippen MR) is 41.8 cm³/mol. The first-order chi connectivity index (χ1) is 6.34. The fourth-order valence-electron chi connectivity index (χ4n) is 0.968. The highest BCUT2D eigenvalue weighted by atomic mass is 19.4. The molecule has 0 amide bonds. The number of hydrogen-bond donors (Lipinski definition) is 2. The van der Waals surface area contributed by atoms with Crippen molar-refractivity contribution in [2.75, 3.05) is 5.73 Å². The fraction of sp³-hybridized carbons (Fsp3) is 0.250. The minimum absolute atomic E-state index is 0.669. The summed E-state index contributed by atoms with van der Waals surface area (Å²) in [4.78, 5) is 0. The molecule has 0 spiro atoms. The van der Waals surface area contributed by atoms with Crippen LogP contribution in [0.3, 0.4) is 0 Å². The average Bonchev–Trinajstić information content (AvgIpc) is 2.07. The van der Waals surface area contributed by atoms with E-state index in [1.165, 1.54) is 0 Å². The Balaban J connectivity index is 3.14. The maximum Gasteiger partial charge on any atom is 0.418 e. The summed E-state index contributed by atoms with van der Waals surface area (Å²) in [6.45, 7) is 0. The number of para-hydroxylation sites is 1. The molecule has 0 saturated heterocycles. The molecule has 0 radical (unpaired) electrons. The van der Waals surface area contributed by atoms with Crippen molar-refractivity contribution >= 4 is 5.69 Å². The zero-order valence-electron chi connectivity index (χ0n) is 6.85. The van der Waals surface area contributed by atoms with Gasteiger partial charge in [-0.25, -0.2) is 4.39 Å². The molecule has 1 rings (SSSR count). The maximum atomic E-state index is 12.7. The Kier molecular flexibility index (Phi) is 2.66. The number of aliphatic hydroxyl groups is 1. The topological polar surface area (TPSA) is 46.2 Å². The summed E-state index contributed by atoms with van der Waals surface area (Å²) in [5, 5.41) is 8.79. The highest BCUT2D eigenvalue weighted by Crippen LogP contribution is 2.35. The highest BCUT2D eigenvalue weighted by Gasteiger charge is 2.40. The van der Waals surface area contributed by atoms with Gasteiger partial charge in [0.15, 0.2) is 6.10 Å². The second kappa shape index (κ2) is 3.45. The van der Waals surface area contributed by atoms with Gasteiger partial charge in [0.05, 0.1) is 5.69 Å². The molecule has 1 unspecified atom stereocenters. The Morgan fingerprint density at radius 3 is 2.36 bits per heavy atom. The lowest BCUT2D eigenvalue weighted by Crippen LogP contribution is -2.21. The van der Waals surface area contributed by atoms with E-state index >= 15 is 0 Å². The van der Waals surface area contributed by atoms with Gasteiger partial charge in [-0.05, 0) is 6.07 Å². The van der Waals surface area contributed by atoms with Crippen molar-refractivity contribution in [2.24, 2.45) is 0 Å². The summed E-state index contributed by atoms with van der Waals surface area (Å²) in [5.41, 5.74) is 3.69. The first-order valence-electron chi connectivity index (χ1n) is 3.62. The van der Waals surface area contributed by atoms with Crippen LogP contribution < -0.4 is 5.73 Å². The number of rotatable bonds is 1. The lowest BCUT2D eigenvalue weighted by atomic mass is 10.1. The molecule has 78 valence electrons. The van der Waals surface area contributed by atoms with Crippen LogP contribution >= 0.6 is 0 Å². The number of alkyl halides is 3. The summed E-state index contributed by atoms with van der Waals surface area (Å²) in [7, 11) is 0. The number of aliphatic hydroxyl groups excluding tert-OH is 1. The van der Waals surface area contributed by atoms with Crippen LogP contribution in [0.2, 0.25) is 0 Å². The van der Waals surface area contributed by atoms with Crippen LogP contribution in [-0.4, -0.2) is 11.3 Å². The Labute approximate surface area is 77.0 Å². The van der Waals surface area contributed by atoms with Crippen molar-refractivity contribution in [3.05, 3.63) is 29.6 Å². The SMILES string of the molecule is Nc1c(F)cccc1C(O)C(F)(F)F. The molecule has 6 heteroatoms. The van der Waals surface area contributed by atoms with Crippen LogP contribution in [0.4, 0.5) is 23.2 Å². The number of nitrogens with two attached hydrogens (primary N) is 1. The summed E-state index contributed by atoms with van der Waals surface area (Å²) < 4.78 is 48.8. The molecule has 3 N–H and O–H groups in total. The van der Waals surface area contributed by atoms with Gasteiger partial charge in [0.25, 0.3) is 0 Å². The zero-order valence-corrected chi connectivity index (χ0v) is 6.85. The molecule has 0 fully saturated rings. The van der Waals surface area contributed by atoms with Gasteiger partial charge in [-0.1, -0.05) is 12.1 Å². The molecule has 1 aromatic carbocycles. The Hall–Kier alpha value is -1.30. The monoisotopic (exact) mass is 209 g/mol. The van der Waals surface area contributed by atoms with E-state index in [9.17, 15) is 17.6 Å². The van der Waals surface area contributed by atoms with Crippen molar-refractivity contribution < 1.29 is 22.7 Å². The van der Waals surface area contributed by atoms with Crippen LogP contribution in [0.1, 0.15) is 11.7 Å². The van der Waals surface area contributed by atoms with Crippen LogP contribution in [0, 0.1) is 5.82 Å². The first kappa shape index (κ1) is 10.8. The molecule has 0 bridgehead atoms. The molecule has 0 aliphatic rings. The lowest BCUT2D eigenvalue weighted by Gasteiger charge is -2.16. The third-order valence-corrected chi connectivity index (χ3v) is 1.69. The minimum Gasteiger partial charge on any atom is -0.396 e. The number of nitrogen functional groups attached to an aromatic ring is 1. The van der Waals surface area contributed by atoms with E-state index in [0.717, 1.165) is 18.2 Å². The quantitative estimate of drug-likeness (QED) is 0.549. The Morgan fingerprint density at radius 2 is 1.86 bits per heavy atom. The van der Waals surface area contributed by atoms with Crippen molar-refractivity contribution in [3.8, 4) is 0 Å². The molecule has 0 saturated carbocycles. The van der Waals surface area contributed by atoms with Gasteiger partial charge in [0.2, 0.25) is 0 Å². The fourth-order valence-corrected chi connectivity index (χ4v) is 0.968. The Bertz CT molecular complexity index is 337. The number of hydrogen-bond acceptors (Lipinski definition) is 2. The van der Waals surface area contributed by atoms with Crippen LogP contribution in [0.15, 0.2) is 18.2 Å². The van der Waals surface area contributed by atoms with Crippen molar-refractivity contribution in [1.82, 2.24) is 0 Å². The molecule has 0 aliphatic carbocycles. The molecular formula is C8H7F4NO. The smallest absolute Gasteiger partial charge is 0.396 e. The second-order valence-corrected chi connectivity index (χ2v) is 2.69.